The SMILES string of the molecule is c1ccc(-c2ccc(B(/C(=C(\c3cccs3)C3CCCCC3)c3ccc(-c4ccccc4)cc3)c3ccc(-c4ccccc4)cc3)cc2)cc1. The van der Waals surface area contributed by atoms with Gasteiger partial charge in [0.05, 0.1) is 0 Å². The van der Waals surface area contributed by atoms with Crippen LogP contribution in [0.1, 0.15) is 42.5 Å². The Balaban J connectivity index is 1.34. The van der Waals surface area contributed by atoms with Crippen molar-refractivity contribution in [1.29, 1.82) is 0 Å². The van der Waals surface area contributed by atoms with Crippen molar-refractivity contribution in [2.24, 2.45) is 5.92 Å². The van der Waals surface area contributed by atoms with Crippen LogP contribution in [0.4, 0.5) is 0 Å². The van der Waals surface area contributed by atoms with Gasteiger partial charge in [0.15, 0.2) is 0 Å². The van der Waals surface area contributed by atoms with Gasteiger partial charge in [0.2, 0.25) is 6.71 Å². The highest BCUT2D eigenvalue weighted by molar-refractivity contribution is 7.11. The Morgan fingerprint density at radius 1 is 0.420 bits per heavy atom. The molecule has 1 heterocycles. The van der Waals surface area contributed by atoms with Crippen molar-refractivity contribution < 1.29 is 0 Å². The zero-order chi connectivity index (χ0) is 33.5. The smallest absolute Gasteiger partial charge is 0.144 e. The minimum Gasteiger partial charge on any atom is -0.144 e. The van der Waals surface area contributed by atoms with Gasteiger partial charge in [-0.3, -0.25) is 0 Å². The van der Waals surface area contributed by atoms with Crippen LogP contribution >= 0.6 is 11.3 Å². The van der Waals surface area contributed by atoms with Gasteiger partial charge in [-0.25, -0.2) is 0 Å². The molecule has 0 aliphatic heterocycles. The maximum absolute atomic E-state index is 2.39. The summed E-state index contributed by atoms with van der Waals surface area (Å²) in [7, 11) is 0. The molecule has 0 unspecified atom stereocenters. The molecule has 8 rings (SSSR count). The Hall–Kier alpha value is -5.18. The van der Waals surface area contributed by atoms with Gasteiger partial charge < -0.3 is 0 Å². The molecule has 0 bridgehead atoms. The van der Waals surface area contributed by atoms with E-state index in [4.69, 9.17) is 0 Å². The first-order valence-electron chi connectivity index (χ1n) is 18.1. The molecule has 1 aliphatic carbocycles. The van der Waals surface area contributed by atoms with Crippen LogP contribution in [0.5, 0.6) is 0 Å². The molecule has 50 heavy (non-hydrogen) atoms. The van der Waals surface area contributed by atoms with Gasteiger partial charge in [0, 0.05) is 4.88 Å². The van der Waals surface area contributed by atoms with Crippen LogP contribution in [0, 0.1) is 5.92 Å². The van der Waals surface area contributed by atoms with Gasteiger partial charge >= 0.3 is 0 Å². The summed E-state index contributed by atoms with van der Waals surface area (Å²) < 4.78 is 0. The van der Waals surface area contributed by atoms with Crippen LogP contribution in [0.15, 0.2) is 181 Å². The van der Waals surface area contributed by atoms with E-state index in [1.807, 2.05) is 11.3 Å². The van der Waals surface area contributed by atoms with E-state index in [1.165, 1.54) is 97.9 Å². The van der Waals surface area contributed by atoms with Crippen molar-refractivity contribution in [3.8, 4) is 33.4 Å². The molecule has 242 valence electrons. The predicted molar refractivity (Wildman–Crippen MR) is 218 cm³/mol. The average Bonchev–Trinajstić information content (AvgIpc) is 3.74. The molecule has 0 atom stereocenters. The monoisotopic (exact) mass is 660 g/mol. The lowest BCUT2D eigenvalue weighted by Gasteiger charge is -2.30. The predicted octanol–water partition coefficient (Wildman–Crippen LogP) is 12.1. The molecule has 0 spiro atoms. The van der Waals surface area contributed by atoms with Gasteiger partial charge in [0.1, 0.15) is 0 Å². The molecule has 0 amide bonds. The minimum atomic E-state index is 0.0613. The standard InChI is InChI=1S/C48H41BS/c1-5-14-36(15-6-1)39-23-25-43(26-24-39)48(47(46-22-13-35-50-46)42-20-11-4-12-21-42)49(44-31-27-40(28-32-44)37-16-7-2-8-17-37)45-33-29-41(30-34-45)38-18-9-3-10-19-38/h1-3,5-10,13-19,22-35,42H,4,11-12,20-21H2/b48-47-. The highest BCUT2D eigenvalue weighted by atomic mass is 32.1. The van der Waals surface area contributed by atoms with E-state index in [-0.39, 0.29) is 6.71 Å². The number of hydrogen-bond donors (Lipinski definition) is 0. The highest BCUT2D eigenvalue weighted by Crippen LogP contribution is 2.43. The molecular formula is C48H41BS. The third-order valence-electron chi connectivity index (χ3n) is 10.4. The number of hydrogen-bond acceptors (Lipinski definition) is 1. The van der Waals surface area contributed by atoms with Crippen LogP contribution in [0.2, 0.25) is 0 Å². The summed E-state index contributed by atoms with van der Waals surface area (Å²) in [5, 5.41) is 2.26. The third-order valence-corrected chi connectivity index (χ3v) is 11.3. The fourth-order valence-corrected chi connectivity index (χ4v) is 8.71. The Labute approximate surface area is 301 Å². The Bertz CT molecular complexity index is 2040. The van der Waals surface area contributed by atoms with Crippen molar-refractivity contribution >= 4 is 40.0 Å². The molecule has 2 heteroatoms. The quantitative estimate of drug-likeness (QED) is 0.135. The first kappa shape index (κ1) is 32.1. The summed E-state index contributed by atoms with van der Waals surface area (Å²) >= 11 is 1.90. The fourth-order valence-electron chi connectivity index (χ4n) is 7.85. The van der Waals surface area contributed by atoms with Crippen molar-refractivity contribution in [3.05, 3.63) is 192 Å². The van der Waals surface area contributed by atoms with Crippen LogP contribution < -0.4 is 10.9 Å². The second-order valence-corrected chi connectivity index (χ2v) is 14.4. The first-order valence-corrected chi connectivity index (χ1v) is 18.9. The summed E-state index contributed by atoms with van der Waals surface area (Å²) in [5.74, 6) is 0.529. The molecule has 1 fully saturated rings. The third kappa shape index (κ3) is 6.95. The Morgan fingerprint density at radius 2 is 0.840 bits per heavy atom. The van der Waals surface area contributed by atoms with Crippen molar-refractivity contribution in [2.45, 2.75) is 32.1 Å². The average molecular weight is 661 g/mol. The maximum Gasteiger partial charge on any atom is 0.242 e. The summed E-state index contributed by atoms with van der Waals surface area (Å²) in [5.41, 5.74) is 14.4. The van der Waals surface area contributed by atoms with Gasteiger partial charge in [0.25, 0.3) is 0 Å². The van der Waals surface area contributed by atoms with Crippen LogP contribution in [-0.4, -0.2) is 6.71 Å². The van der Waals surface area contributed by atoms with Crippen LogP contribution in [0.3, 0.4) is 0 Å². The van der Waals surface area contributed by atoms with Gasteiger partial charge in [-0.2, -0.15) is 0 Å². The minimum absolute atomic E-state index is 0.0613. The van der Waals surface area contributed by atoms with E-state index in [9.17, 15) is 0 Å². The lowest BCUT2D eigenvalue weighted by Crippen LogP contribution is -2.44. The first-order chi connectivity index (χ1) is 24.8. The second kappa shape index (κ2) is 15.2. The number of benzene rings is 6. The number of thiophene rings is 1. The number of rotatable bonds is 9. The Morgan fingerprint density at radius 3 is 1.26 bits per heavy atom. The molecule has 6 aromatic carbocycles. The van der Waals surface area contributed by atoms with Crippen LogP contribution in [-0.2, 0) is 0 Å². The molecule has 1 aromatic heterocycles. The Kier molecular flexibility index (Phi) is 9.72. The van der Waals surface area contributed by atoms with E-state index in [0.29, 0.717) is 5.92 Å². The molecule has 1 aliphatic rings. The lowest BCUT2D eigenvalue weighted by molar-refractivity contribution is 0.430. The molecular weight excluding hydrogens is 619 g/mol. The highest BCUT2D eigenvalue weighted by Gasteiger charge is 2.32. The van der Waals surface area contributed by atoms with E-state index < -0.39 is 0 Å². The zero-order valence-electron chi connectivity index (χ0n) is 28.4. The summed E-state index contributed by atoms with van der Waals surface area (Å²) in [4.78, 5) is 1.41. The van der Waals surface area contributed by atoms with E-state index in [1.54, 1.807) is 0 Å². The normalized spacial score (nSPS) is 13.8. The van der Waals surface area contributed by atoms with Crippen LogP contribution in [0.25, 0.3) is 44.4 Å². The van der Waals surface area contributed by atoms with Crippen molar-refractivity contribution in [1.82, 2.24) is 0 Å². The maximum atomic E-state index is 2.39. The van der Waals surface area contributed by atoms with Crippen molar-refractivity contribution in [2.75, 3.05) is 0 Å². The molecule has 1 saturated carbocycles. The molecule has 0 saturated heterocycles. The largest absolute Gasteiger partial charge is 0.242 e. The second-order valence-electron chi connectivity index (χ2n) is 13.5. The van der Waals surface area contributed by atoms with Gasteiger partial charge in [-0.1, -0.05) is 206 Å². The van der Waals surface area contributed by atoms with Gasteiger partial charge in [-0.05, 0) is 74.7 Å². The molecule has 0 radical (unpaired) electrons. The number of allylic oxidation sites excluding steroid dienone is 1. The van der Waals surface area contributed by atoms with E-state index in [2.05, 4.69) is 181 Å². The zero-order valence-corrected chi connectivity index (χ0v) is 29.2. The molecule has 0 nitrogen and oxygen atoms in total. The molecule has 0 N–H and O–H groups in total. The fraction of sp³-hybridized carbons (Fsp3) is 0.125. The lowest BCUT2D eigenvalue weighted by atomic mass is 9.34. The summed E-state index contributed by atoms with van der Waals surface area (Å²) in [6.07, 6.45) is 6.40. The van der Waals surface area contributed by atoms with Gasteiger partial charge in [-0.15, -0.1) is 11.3 Å². The van der Waals surface area contributed by atoms with Crippen molar-refractivity contribution in [3.63, 3.8) is 0 Å². The summed E-state index contributed by atoms with van der Waals surface area (Å²) in [6, 6.07) is 65.0. The van der Waals surface area contributed by atoms with E-state index >= 15 is 0 Å². The van der Waals surface area contributed by atoms with E-state index in [0.717, 1.165) is 0 Å². The topological polar surface area (TPSA) is 0 Å². The molecule has 7 aromatic rings. The summed E-state index contributed by atoms with van der Waals surface area (Å²) in [6.45, 7) is 0.0613.